The molecule has 2 aromatic rings. The molecule has 1 aliphatic rings. The van der Waals surface area contributed by atoms with Crippen molar-refractivity contribution in [1.29, 1.82) is 0 Å². The summed E-state index contributed by atoms with van der Waals surface area (Å²) in [5.41, 5.74) is 1.66. The molecule has 0 bridgehead atoms. The molecule has 1 N–H and O–H groups in total. The van der Waals surface area contributed by atoms with Gasteiger partial charge in [0, 0.05) is 25.2 Å². The van der Waals surface area contributed by atoms with Gasteiger partial charge in [0.05, 0.1) is 10.9 Å². The molecule has 1 fully saturated rings. The largest absolute Gasteiger partial charge is 0.355 e. The minimum Gasteiger partial charge on any atom is -0.355 e. The van der Waals surface area contributed by atoms with Crippen molar-refractivity contribution in [3.05, 3.63) is 64.9 Å². The highest BCUT2D eigenvalue weighted by Crippen LogP contribution is 2.28. The predicted molar refractivity (Wildman–Crippen MR) is 95.0 cm³/mol. The van der Waals surface area contributed by atoms with Crippen molar-refractivity contribution >= 4 is 29.1 Å². The van der Waals surface area contributed by atoms with Gasteiger partial charge >= 0.3 is 0 Å². The van der Waals surface area contributed by atoms with Crippen LogP contribution in [0.25, 0.3) is 0 Å². The number of hydrogen-bond acceptors (Lipinski definition) is 2. The van der Waals surface area contributed by atoms with Gasteiger partial charge in [-0.1, -0.05) is 41.9 Å². The van der Waals surface area contributed by atoms with E-state index in [2.05, 4.69) is 5.32 Å². The third-order valence-corrected chi connectivity index (χ3v) is 4.56. The molecule has 2 amide bonds. The molecular weight excluding hydrogens is 343 g/mol. The first-order valence-corrected chi connectivity index (χ1v) is 8.49. The molecule has 1 atom stereocenters. The number of carbonyl (C=O) groups excluding carboxylic acids is 2. The van der Waals surface area contributed by atoms with Crippen LogP contribution in [-0.2, 0) is 16.0 Å². The Balaban J connectivity index is 1.56. The molecule has 0 spiro atoms. The van der Waals surface area contributed by atoms with Gasteiger partial charge in [-0.2, -0.15) is 0 Å². The van der Waals surface area contributed by atoms with Gasteiger partial charge in [0.15, 0.2) is 0 Å². The number of benzene rings is 2. The first-order chi connectivity index (χ1) is 12.0. The predicted octanol–water partition coefficient (Wildman–Crippen LogP) is 3.19. The van der Waals surface area contributed by atoms with Crippen LogP contribution in [0.3, 0.4) is 0 Å². The lowest BCUT2D eigenvalue weighted by Crippen LogP contribution is -2.34. The Morgan fingerprint density at radius 3 is 2.72 bits per heavy atom. The molecule has 0 aromatic heterocycles. The van der Waals surface area contributed by atoms with Crippen LogP contribution in [0.5, 0.6) is 0 Å². The van der Waals surface area contributed by atoms with Crippen molar-refractivity contribution in [1.82, 2.24) is 5.32 Å². The van der Waals surface area contributed by atoms with Crippen LogP contribution in [0.15, 0.2) is 48.5 Å². The molecule has 1 heterocycles. The van der Waals surface area contributed by atoms with Gasteiger partial charge in [-0.3, -0.25) is 9.59 Å². The van der Waals surface area contributed by atoms with Crippen LogP contribution < -0.4 is 10.2 Å². The average Bonchev–Trinajstić information content (AvgIpc) is 3.00. The third kappa shape index (κ3) is 4.17. The van der Waals surface area contributed by atoms with Crippen molar-refractivity contribution in [2.75, 3.05) is 18.0 Å². The molecule has 3 rings (SSSR count). The number of anilines is 1. The minimum atomic E-state index is -0.535. The van der Waals surface area contributed by atoms with E-state index in [0.717, 1.165) is 12.0 Å². The van der Waals surface area contributed by atoms with E-state index < -0.39 is 11.7 Å². The monoisotopic (exact) mass is 360 g/mol. The van der Waals surface area contributed by atoms with Crippen LogP contribution in [-0.4, -0.2) is 24.9 Å². The minimum absolute atomic E-state index is 0.0407. The molecule has 0 radical (unpaired) electrons. The maximum absolute atomic E-state index is 13.3. The number of carbonyl (C=O) groups is 2. The molecule has 2 aromatic carbocycles. The summed E-state index contributed by atoms with van der Waals surface area (Å²) in [5.74, 6) is -1.25. The molecular formula is C19H18ClFN2O2. The quantitative estimate of drug-likeness (QED) is 0.890. The van der Waals surface area contributed by atoms with Gasteiger partial charge in [0.2, 0.25) is 11.8 Å². The number of nitrogens with zero attached hydrogens (tertiary/aromatic N) is 1. The zero-order valence-corrected chi connectivity index (χ0v) is 14.3. The smallest absolute Gasteiger partial charge is 0.227 e. The number of amides is 2. The first kappa shape index (κ1) is 17.4. The molecule has 4 nitrogen and oxygen atoms in total. The number of nitrogens with one attached hydrogen (secondary N) is 1. The SMILES string of the molecule is O=C(NCCc1ccccc1)[C@H]1CC(=O)N(c2ccc(F)c(Cl)c2)C1. The summed E-state index contributed by atoms with van der Waals surface area (Å²) < 4.78 is 13.3. The maximum atomic E-state index is 13.3. The number of halogens is 2. The topological polar surface area (TPSA) is 49.4 Å². The van der Waals surface area contributed by atoms with Gasteiger partial charge in [0.1, 0.15) is 5.82 Å². The highest BCUT2D eigenvalue weighted by atomic mass is 35.5. The van der Waals surface area contributed by atoms with Crippen LogP contribution >= 0.6 is 11.6 Å². The fourth-order valence-electron chi connectivity index (χ4n) is 2.90. The van der Waals surface area contributed by atoms with Gasteiger partial charge in [0.25, 0.3) is 0 Å². The van der Waals surface area contributed by atoms with Crippen molar-refractivity contribution in [3.63, 3.8) is 0 Å². The second-order valence-corrected chi connectivity index (χ2v) is 6.44. The Morgan fingerprint density at radius 1 is 1.24 bits per heavy atom. The highest BCUT2D eigenvalue weighted by Gasteiger charge is 2.35. The van der Waals surface area contributed by atoms with Crippen molar-refractivity contribution in [2.24, 2.45) is 5.92 Å². The first-order valence-electron chi connectivity index (χ1n) is 8.11. The Kier molecular flexibility index (Phi) is 5.34. The fraction of sp³-hybridized carbons (Fsp3) is 0.263. The average molecular weight is 361 g/mol. The highest BCUT2D eigenvalue weighted by molar-refractivity contribution is 6.31. The summed E-state index contributed by atoms with van der Waals surface area (Å²) >= 11 is 5.77. The summed E-state index contributed by atoms with van der Waals surface area (Å²) in [6.07, 6.45) is 0.886. The molecule has 1 saturated heterocycles. The van der Waals surface area contributed by atoms with E-state index >= 15 is 0 Å². The van der Waals surface area contributed by atoms with E-state index in [1.165, 1.54) is 23.1 Å². The zero-order valence-electron chi connectivity index (χ0n) is 13.5. The van der Waals surface area contributed by atoms with Crippen LogP contribution in [0, 0.1) is 11.7 Å². The van der Waals surface area contributed by atoms with E-state index in [0.29, 0.717) is 12.2 Å². The molecule has 130 valence electrons. The summed E-state index contributed by atoms with van der Waals surface area (Å²) in [5, 5.41) is 2.84. The van der Waals surface area contributed by atoms with Crippen molar-refractivity contribution < 1.29 is 14.0 Å². The van der Waals surface area contributed by atoms with Crippen LogP contribution in [0.1, 0.15) is 12.0 Å². The second kappa shape index (κ2) is 7.66. The Hall–Kier alpha value is -2.40. The number of rotatable bonds is 5. The van der Waals surface area contributed by atoms with E-state index in [-0.39, 0.29) is 29.8 Å². The summed E-state index contributed by atoms with van der Waals surface area (Å²) in [7, 11) is 0. The standard InChI is InChI=1S/C19H18ClFN2O2/c20-16-11-15(6-7-17(16)21)23-12-14(10-18(23)24)19(25)22-9-8-13-4-2-1-3-5-13/h1-7,11,14H,8-10,12H2,(H,22,25)/t14-/m0/s1. The van der Waals surface area contributed by atoms with Crippen LogP contribution in [0.2, 0.25) is 5.02 Å². The van der Waals surface area contributed by atoms with E-state index in [1.54, 1.807) is 0 Å². The van der Waals surface area contributed by atoms with Gasteiger partial charge < -0.3 is 10.2 Å². The van der Waals surface area contributed by atoms with E-state index in [4.69, 9.17) is 11.6 Å². The lowest BCUT2D eigenvalue weighted by atomic mass is 10.1. The van der Waals surface area contributed by atoms with Gasteiger partial charge in [-0.15, -0.1) is 0 Å². The Labute approximate surface area is 150 Å². The normalized spacial score (nSPS) is 17.0. The third-order valence-electron chi connectivity index (χ3n) is 4.27. The molecule has 25 heavy (non-hydrogen) atoms. The zero-order chi connectivity index (χ0) is 17.8. The molecule has 0 unspecified atom stereocenters. The Morgan fingerprint density at radius 2 is 2.00 bits per heavy atom. The number of hydrogen-bond donors (Lipinski definition) is 1. The Bertz CT molecular complexity index is 782. The summed E-state index contributed by atoms with van der Waals surface area (Å²) in [4.78, 5) is 26.0. The van der Waals surface area contributed by atoms with Crippen LogP contribution in [0.4, 0.5) is 10.1 Å². The fourth-order valence-corrected chi connectivity index (χ4v) is 3.08. The molecule has 6 heteroatoms. The summed E-state index contributed by atoms with van der Waals surface area (Å²) in [6.45, 7) is 0.799. The van der Waals surface area contributed by atoms with Crippen molar-refractivity contribution in [2.45, 2.75) is 12.8 Å². The second-order valence-electron chi connectivity index (χ2n) is 6.03. The van der Waals surface area contributed by atoms with E-state index in [9.17, 15) is 14.0 Å². The summed E-state index contributed by atoms with van der Waals surface area (Å²) in [6, 6.07) is 14.0. The van der Waals surface area contributed by atoms with E-state index in [1.807, 2.05) is 30.3 Å². The maximum Gasteiger partial charge on any atom is 0.227 e. The van der Waals surface area contributed by atoms with Gasteiger partial charge in [-0.25, -0.2) is 4.39 Å². The molecule has 1 aliphatic heterocycles. The van der Waals surface area contributed by atoms with Crippen molar-refractivity contribution in [3.8, 4) is 0 Å². The molecule has 0 aliphatic carbocycles. The lowest BCUT2D eigenvalue weighted by Gasteiger charge is -2.17. The lowest BCUT2D eigenvalue weighted by molar-refractivity contribution is -0.126. The van der Waals surface area contributed by atoms with Gasteiger partial charge in [-0.05, 0) is 30.2 Å². The molecule has 0 saturated carbocycles.